The topological polar surface area (TPSA) is 66.0 Å². The first-order chi connectivity index (χ1) is 8.75. The first kappa shape index (κ1) is 13.0. The smallest absolute Gasteiger partial charge is 0.141 e. The Balaban J connectivity index is 1.98. The number of pyridine rings is 1. The normalized spacial score (nSPS) is 18.0. The van der Waals surface area contributed by atoms with Gasteiger partial charge in [-0.2, -0.15) is 0 Å². The standard InChI is InChI=1S/C14H22N4/c15-14(16)13-10-12(6-7-17-13)11-18-8-4-2-1-3-5-9-18/h6-7,10H,1-5,8-9,11H2,(H3,15,16). The molecule has 0 bridgehead atoms. The Morgan fingerprint density at radius 1 is 1.22 bits per heavy atom. The highest BCUT2D eigenvalue weighted by Gasteiger charge is 2.09. The Morgan fingerprint density at radius 3 is 2.56 bits per heavy atom. The van der Waals surface area contributed by atoms with Crippen LogP contribution in [0.15, 0.2) is 18.3 Å². The summed E-state index contributed by atoms with van der Waals surface area (Å²) < 4.78 is 0. The fraction of sp³-hybridized carbons (Fsp3) is 0.571. The monoisotopic (exact) mass is 246 g/mol. The SMILES string of the molecule is N=C(N)c1cc(CN2CCCCCCC2)ccn1. The Kier molecular flexibility index (Phi) is 4.70. The molecule has 18 heavy (non-hydrogen) atoms. The average Bonchev–Trinajstić information content (AvgIpc) is 2.33. The lowest BCUT2D eigenvalue weighted by Gasteiger charge is -2.24. The molecule has 0 atom stereocenters. The maximum absolute atomic E-state index is 7.42. The largest absolute Gasteiger partial charge is 0.382 e. The summed E-state index contributed by atoms with van der Waals surface area (Å²) in [6.07, 6.45) is 8.43. The number of amidine groups is 1. The number of nitrogens with two attached hydrogens (primary N) is 1. The van der Waals surface area contributed by atoms with Crippen molar-refractivity contribution in [3.05, 3.63) is 29.6 Å². The Hall–Kier alpha value is -1.42. The second kappa shape index (κ2) is 6.50. The van der Waals surface area contributed by atoms with E-state index in [0.29, 0.717) is 5.69 Å². The van der Waals surface area contributed by atoms with Gasteiger partial charge in [-0.15, -0.1) is 0 Å². The molecule has 0 radical (unpaired) electrons. The van der Waals surface area contributed by atoms with Crippen LogP contribution in [0.1, 0.15) is 43.4 Å². The van der Waals surface area contributed by atoms with Gasteiger partial charge in [0, 0.05) is 12.7 Å². The van der Waals surface area contributed by atoms with Gasteiger partial charge in [-0.25, -0.2) is 0 Å². The van der Waals surface area contributed by atoms with Crippen LogP contribution in [0.5, 0.6) is 0 Å². The number of likely N-dealkylation sites (tertiary alicyclic amines) is 1. The zero-order valence-electron chi connectivity index (χ0n) is 10.9. The summed E-state index contributed by atoms with van der Waals surface area (Å²) in [5.74, 6) is 0.0458. The molecule has 2 heterocycles. The van der Waals surface area contributed by atoms with Crippen LogP contribution in [-0.2, 0) is 6.54 Å². The minimum Gasteiger partial charge on any atom is -0.382 e. The van der Waals surface area contributed by atoms with E-state index in [1.165, 1.54) is 50.8 Å². The van der Waals surface area contributed by atoms with Crippen LogP contribution >= 0.6 is 0 Å². The van der Waals surface area contributed by atoms with Crippen LogP contribution in [0, 0.1) is 5.41 Å². The Morgan fingerprint density at radius 2 is 1.89 bits per heavy atom. The molecule has 0 spiro atoms. The molecule has 0 amide bonds. The molecule has 0 aromatic carbocycles. The number of hydrogen-bond acceptors (Lipinski definition) is 3. The van der Waals surface area contributed by atoms with Crippen LogP contribution in [0.3, 0.4) is 0 Å². The van der Waals surface area contributed by atoms with Gasteiger partial charge in [0.1, 0.15) is 11.5 Å². The third-order valence-corrected chi connectivity index (χ3v) is 3.46. The van der Waals surface area contributed by atoms with Crippen LogP contribution in [0.4, 0.5) is 0 Å². The lowest BCUT2D eigenvalue weighted by molar-refractivity contribution is 0.240. The molecule has 2 rings (SSSR count). The van der Waals surface area contributed by atoms with Crippen molar-refractivity contribution in [2.24, 2.45) is 5.73 Å². The van der Waals surface area contributed by atoms with Crippen LogP contribution < -0.4 is 5.73 Å². The molecule has 98 valence electrons. The quantitative estimate of drug-likeness (QED) is 0.634. The summed E-state index contributed by atoms with van der Waals surface area (Å²) in [7, 11) is 0. The summed E-state index contributed by atoms with van der Waals surface area (Å²) in [5.41, 5.74) is 7.26. The van der Waals surface area contributed by atoms with E-state index in [2.05, 4.69) is 9.88 Å². The lowest BCUT2D eigenvalue weighted by atomic mass is 10.1. The average molecular weight is 246 g/mol. The van der Waals surface area contributed by atoms with E-state index in [9.17, 15) is 0 Å². The van der Waals surface area contributed by atoms with Crippen molar-refractivity contribution < 1.29 is 0 Å². The number of nitrogens with one attached hydrogen (secondary N) is 1. The maximum Gasteiger partial charge on any atom is 0.141 e. The van der Waals surface area contributed by atoms with E-state index in [4.69, 9.17) is 11.1 Å². The van der Waals surface area contributed by atoms with Gasteiger partial charge in [0.15, 0.2) is 0 Å². The third-order valence-electron chi connectivity index (χ3n) is 3.46. The number of nitrogen functional groups attached to an aromatic ring is 1. The molecule has 1 aromatic rings. The third kappa shape index (κ3) is 3.81. The first-order valence-corrected chi connectivity index (χ1v) is 6.77. The van der Waals surface area contributed by atoms with E-state index in [1.54, 1.807) is 6.20 Å². The van der Waals surface area contributed by atoms with Crippen molar-refractivity contribution in [2.75, 3.05) is 13.1 Å². The lowest BCUT2D eigenvalue weighted by Crippen LogP contribution is -2.27. The summed E-state index contributed by atoms with van der Waals surface area (Å²) in [5, 5.41) is 7.42. The summed E-state index contributed by atoms with van der Waals surface area (Å²) >= 11 is 0. The molecule has 1 aliphatic rings. The maximum atomic E-state index is 7.42. The van der Waals surface area contributed by atoms with Crippen molar-refractivity contribution in [1.82, 2.24) is 9.88 Å². The molecule has 3 N–H and O–H groups in total. The van der Waals surface area contributed by atoms with Gasteiger partial charge in [-0.05, 0) is 43.6 Å². The summed E-state index contributed by atoms with van der Waals surface area (Å²) in [6.45, 7) is 3.30. The number of hydrogen-bond donors (Lipinski definition) is 2. The van der Waals surface area contributed by atoms with E-state index >= 15 is 0 Å². The molecular weight excluding hydrogens is 224 g/mol. The highest BCUT2D eigenvalue weighted by molar-refractivity contribution is 5.93. The van der Waals surface area contributed by atoms with Gasteiger partial charge in [-0.3, -0.25) is 15.3 Å². The van der Waals surface area contributed by atoms with E-state index in [0.717, 1.165) is 6.54 Å². The molecule has 0 saturated carbocycles. The second-order valence-electron chi connectivity index (χ2n) is 5.01. The van der Waals surface area contributed by atoms with Crippen molar-refractivity contribution >= 4 is 5.84 Å². The molecule has 1 saturated heterocycles. The molecule has 4 nitrogen and oxygen atoms in total. The highest BCUT2D eigenvalue weighted by atomic mass is 15.1. The zero-order chi connectivity index (χ0) is 12.8. The zero-order valence-corrected chi connectivity index (χ0v) is 10.9. The molecule has 4 heteroatoms. The molecule has 1 aliphatic heterocycles. The number of nitrogens with zero attached hydrogens (tertiary/aromatic N) is 2. The summed E-state index contributed by atoms with van der Waals surface area (Å²) in [4.78, 5) is 6.60. The van der Waals surface area contributed by atoms with Crippen LogP contribution in [0.25, 0.3) is 0 Å². The van der Waals surface area contributed by atoms with Gasteiger partial charge in [0.05, 0.1) is 0 Å². The predicted molar refractivity (Wildman–Crippen MR) is 73.6 cm³/mol. The van der Waals surface area contributed by atoms with Gasteiger partial charge >= 0.3 is 0 Å². The van der Waals surface area contributed by atoms with Crippen molar-refractivity contribution in [1.29, 1.82) is 5.41 Å². The fourth-order valence-corrected chi connectivity index (χ4v) is 2.45. The number of aromatic nitrogens is 1. The molecule has 1 fully saturated rings. The summed E-state index contributed by atoms with van der Waals surface area (Å²) in [6, 6.07) is 3.95. The minimum atomic E-state index is 0.0458. The van der Waals surface area contributed by atoms with E-state index in [1.807, 2.05) is 12.1 Å². The molecular formula is C14H22N4. The molecule has 1 aromatic heterocycles. The van der Waals surface area contributed by atoms with Crippen molar-refractivity contribution in [3.63, 3.8) is 0 Å². The minimum absolute atomic E-state index is 0.0458. The van der Waals surface area contributed by atoms with Crippen molar-refractivity contribution in [2.45, 2.75) is 38.6 Å². The molecule has 0 aliphatic carbocycles. The van der Waals surface area contributed by atoms with Gasteiger partial charge in [-0.1, -0.05) is 19.3 Å². The number of rotatable bonds is 3. The first-order valence-electron chi connectivity index (χ1n) is 6.77. The Labute approximate surface area is 109 Å². The van der Waals surface area contributed by atoms with Crippen LogP contribution in [-0.4, -0.2) is 28.8 Å². The Bertz CT molecular complexity index is 395. The van der Waals surface area contributed by atoms with Gasteiger partial charge in [0.25, 0.3) is 0 Å². The second-order valence-corrected chi connectivity index (χ2v) is 5.01. The van der Waals surface area contributed by atoms with Crippen LogP contribution in [0.2, 0.25) is 0 Å². The predicted octanol–water partition coefficient (Wildman–Crippen LogP) is 2.13. The van der Waals surface area contributed by atoms with Gasteiger partial charge in [0.2, 0.25) is 0 Å². The van der Waals surface area contributed by atoms with E-state index < -0.39 is 0 Å². The van der Waals surface area contributed by atoms with Crippen molar-refractivity contribution in [3.8, 4) is 0 Å². The fourth-order valence-electron chi connectivity index (χ4n) is 2.45. The van der Waals surface area contributed by atoms with Gasteiger partial charge < -0.3 is 5.73 Å². The van der Waals surface area contributed by atoms with E-state index in [-0.39, 0.29) is 5.84 Å². The molecule has 0 unspecified atom stereocenters. The highest BCUT2D eigenvalue weighted by Crippen LogP contribution is 2.13.